The Hall–Kier alpha value is -2.57. The van der Waals surface area contributed by atoms with Crippen molar-refractivity contribution in [1.82, 2.24) is 5.32 Å². The van der Waals surface area contributed by atoms with Gasteiger partial charge in [-0.15, -0.1) is 0 Å². The number of rotatable bonds is 7. The zero-order valence-corrected chi connectivity index (χ0v) is 18.6. The number of hydrogen-bond donors (Lipinski definition) is 2. The first-order valence-corrected chi connectivity index (χ1v) is 11.3. The van der Waals surface area contributed by atoms with Gasteiger partial charge in [-0.2, -0.15) is 0 Å². The largest absolute Gasteiger partial charge is 0.454 e. The van der Waals surface area contributed by atoms with E-state index >= 15 is 0 Å². The lowest BCUT2D eigenvalue weighted by atomic mass is 9.49. The third kappa shape index (κ3) is 4.70. The smallest absolute Gasteiger partial charge is 0.328 e. The summed E-state index contributed by atoms with van der Waals surface area (Å²) in [6.45, 7) is 1.24. The molecular formula is C24H33N3O4. The van der Waals surface area contributed by atoms with Gasteiger partial charge in [0.25, 0.3) is 5.91 Å². The highest BCUT2D eigenvalue weighted by Crippen LogP contribution is 2.60. The van der Waals surface area contributed by atoms with Crippen molar-refractivity contribution < 1.29 is 19.1 Å². The average molecular weight is 428 g/mol. The molecular weight excluding hydrogens is 394 g/mol. The van der Waals surface area contributed by atoms with Crippen LogP contribution in [0.25, 0.3) is 0 Å². The minimum atomic E-state index is -0.771. The molecule has 0 heterocycles. The van der Waals surface area contributed by atoms with Gasteiger partial charge in [0.1, 0.15) is 6.04 Å². The minimum absolute atomic E-state index is 0.0125. The van der Waals surface area contributed by atoms with Crippen LogP contribution in [0.2, 0.25) is 0 Å². The minimum Gasteiger partial charge on any atom is -0.454 e. The third-order valence-corrected chi connectivity index (χ3v) is 7.23. The molecule has 0 spiro atoms. The molecule has 168 valence electrons. The van der Waals surface area contributed by atoms with Crippen LogP contribution in [0.15, 0.2) is 24.3 Å². The summed E-state index contributed by atoms with van der Waals surface area (Å²) in [6, 6.07) is 6.60. The van der Waals surface area contributed by atoms with Gasteiger partial charge >= 0.3 is 5.97 Å². The van der Waals surface area contributed by atoms with Crippen LogP contribution in [-0.2, 0) is 19.1 Å². The molecule has 4 saturated carbocycles. The number of carbonyl (C=O) groups is 3. The Morgan fingerprint density at radius 2 is 1.58 bits per heavy atom. The van der Waals surface area contributed by atoms with Gasteiger partial charge in [0.2, 0.25) is 5.91 Å². The molecule has 0 aromatic heterocycles. The van der Waals surface area contributed by atoms with Gasteiger partial charge in [-0.3, -0.25) is 9.59 Å². The van der Waals surface area contributed by atoms with Crippen LogP contribution in [0.3, 0.4) is 0 Å². The predicted octanol–water partition coefficient (Wildman–Crippen LogP) is 2.96. The lowest BCUT2D eigenvalue weighted by Crippen LogP contribution is -2.56. The molecule has 7 nitrogen and oxygen atoms in total. The highest BCUT2D eigenvalue weighted by Gasteiger charge is 2.54. The van der Waals surface area contributed by atoms with Crippen LogP contribution < -0.4 is 15.5 Å². The number of nitrogens with one attached hydrogen (secondary N) is 2. The standard InChI is InChI=1S/C24H33N3O4/c1-15(25-23(30)24-11-16-8-17(12-24)10-18(9-16)13-24)22(29)31-14-21(28)26-19-4-6-20(7-5-19)27(2)3/h4-7,15-18H,8-14H2,1-3H3,(H,25,30)(H,26,28)/t15-,16?,17?,18?,24?/m0/s1. The van der Waals surface area contributed by atoms with Crippen LogP contribution in [0, 0.1) is 23.2 Å². The molecule has 0 aliphatic heterocycles. The van der Waals surface area contributed by atoms with Crippen molar-refractivity contribution in [3.8, 4) is 0 Å². The second kappa shape index (κ2) is 8.52. The number of nitrogens with zero attached hydrogens (tertiary/aromatic N) is 1. The number of anilines is 2. The molecule has 4 aliphatic carbocycles. The number of hydrogen-bond acceptors (Lipinski definition) is 5. The van der Waals surface area contributed by atoms with Gasteiger partial charge in [0.05, 0.1) is 0 Å². The molecule has 1 aromatic rings. The van der Waals surface area contributed by atoms with Crippen molar-refractivity contribution in [2.75, 3.05) is 30.9 Å². The summed E-state index contributed by atoms with van der Waals surface area (Å²) in [7, 11) is 3.88. The Kier molecular flexibility index (Phi) is 5.95. The van der Waals surface area contributed by atoms with Crippen molar-refractivity contribution in [3.63, 3.8) is 0 Å². The van der Waals surface area contributed by atoms with Gasteiger partial charge in [-0.05, 0) is 87.5 Å². The highest BCUT2D eigenvalue weighted by molar-refractivity contribution is 5.94. The number of ether oxygens (including phenoxy) is 1. The van der Waals surface area contributed by atoms with E-state index in [-0.39, 0.29) is 17.9 Å². The maximum atomic E-state index is 13.1. The van der Waals surface area contributed by atoms with E-state index in [1.54, 1.807) is 19.1 Å². The quantitative estimate of drug-likeness (QED) is 0.654. The first-order chi connectivity index (χ1) is 14.7. The lowest BCUT2D eigenvalue weighted by Gasteiger charge is -2.55. The van der Waals surface area contributed by atoms with E-state index in [1.807, 2.05) is 31.1 Å². The maximum Gasteiger partial charge on any atom is 0.328 e. The molecule has 7 heteroatoms. The van der Waals surface area contributed by atoms with Gasteiger partial charge in [0, 0.05) is 30.9 Å². The summed E-state index contributed by atoms with van der Waals surface area (Å²) in [5.41, 5.74) is 1.35. The molecule has 1 aromatic carbocycles. The van der Waals surface area contributed by atoms with Crippen LogP contribution in [0.4, 0.5) is 11.4 Å². The monoisotopic (exact) mass is 427 g/mol. The zero-order chi connectivity index (χ0) is 22.2. The Morgan fingerprint density at radius 3 is 2.10 bits per heavy atom. The van der Waals surface area contributed by atoms with Crippen LogP contribution >= 0.6 is 0 Å². The van der Waals surface area contributed by atoms with Gasteiger partial charge in [-0.25, -0.2) is 4.79 Å². The fraction of sp³-hybridized carbons (Fsp3) is 0.625. The highest BCUT2D eigenvalue weighted by atomic mass is 16.5. The molecule has 4 aliphatic rings. The molecule has 0 saturated heterocycles. The number of carbonyl (C=O) groups excluding carboxylic acids is 3. The van der Waals surface area contributed by atoms with Crippen molar-refractivity contribution >= 4 is 29.2 Å². The van der Waals surface area contributed by atoms with E-state index in [9.17, 15) is 14.4 Å². The second-order valence-electron chi connectivity index (χ2n) is 9.99. The molecule has 4 bridgehead atoms. The van der Waals surface area contributed by atoms with E-state index in [0.717, 1.165) is 24.9 Å². The van der Waals surface area contributed by atoms with Gasteiger partial charge in [-0.1, -0.05) is 0 Å². The Labute approximate surface area is 183 Å². The first kappa shape index (κ1) is 21.7. The predicted molar refractivity (Wildman–Crippen MR) is 119 cm³/mol. The van der Waals surface area contributed by atoms with E-state index < -0.39 is 17.9 Å². The zero-order valence-electron chi connectivity index (χ0n) is 18.6. The summed E-state index contributed by atoms with van der Waals surface area (Å²) >= 11 is 0. The van der Waals surface area contributed by atoms with Crippen molar-refractivity contribution in [2.45, 2.75) is 51.5 Å². The molecule has 4 fully saturated rings. The second-order valence-corrected chi connectivity index (χ2v) is 9.99. The molecule has 2 amide bonds. The van der Waals surface area contributed by atoms with Gasteiger partial charge < -0.3 is 20.3 Å². The van der Waals surface area contributed by atoms with E-state index in [2.05, 4.69) is 10.6 Å². The van der Waals surface area contributed by atoms with Crippen LogP contribution in [0.5, 0.6) is 0 Å². The van der Waals surface area contributed by atoms with Crippen molar-refractivity contribution in [2.24, 2.45) is 23.2 Å². The first-order valence-electron chi connectivity index (χ1n) is 11.3. The fourth-order valence-electron chi connectivity index (χ4n) is 6.10. The average Bonchev–Trinajstić information content (AvgIpc) is 2.71. The number of esters is 1. The van der Waals surface area contributed by atoms with E-state index in [4.69, 9.17) is 4.74 Å². The molecule has 0 unspecified atom stereocenters. The number of benzene rings is 1. The van der Waals surface area contributed by atoms with Crippen molar-refractivity contribution in [1.29, 1.82) is 0 Å². The molecule has 1 atom stereocenters. The Morgan fingerprint density at radius 1 is 1.03 bits per heavy atom. The Bertz CT molecular complexity index is 814. The summed E-state index contributed by atoms with van der Waals surface area (Å²) < 4.78 is 5.15. The van der Waals surface area contributed by atoms with Crippen LogP contribution in [-0.4, -0.2) is 44.5 Å². The maximum absolute atomic E-state index is 13.1. The fourth-order valence-corrected chi connectivity index (χ4v) is 6.10. The number of amides is 2. The Balaban J connectivity index is 1.24. The summed E-state index contributed by atoms with van der Waals surface area (Å²) in [6.07, 6.45) is 6.62. The molecule has 31 heavy (non-hydrogen) atoms. The van der Waals surface area contributed by atoms with Crippen molar-refractivity contribution in [3.05, 3.63) is 24.3 Å². The summed E-state index contributed by atoms with van der Waals surface area (Å²) in [4.78, 5) is 39.5. The summed E-state index contributed by atoms with van der Waals surface area (Å²) in [5.74, 6) is 0.975. The summed E-state index contributed by atoms with van der Waals surface area (Å²) in [5, 5.41) is 5.59. The lowest BCUT2D eigenvalue weighted by molar-refractivity contribution is -0.154. The van der Waals surface area contributed by atoms with E-state index in [0.29, 0.717) is 23.4 Å². The normalized spacial score (nSPS) is 29.2. The molecule has 2 N–H and O–H groups in total. The van der Waals surface area contributed by atoms with E-state index in [1.165, 1.54) is 19.3 Å². The molecule has 5 rings (SSSR count). The molecule has 0 radical (unpaired) electrons. The van der Waals surface area contributed by atoms with Crippen LogP contribution in [0.1, 0.15) is 45.4 Å². The topological polar surface area (TPSA) is 87.7 Å². The van der Waals surface area contributed by atoms with Gasteiger partial charge in [0.15, 0.2) is 6.61 Å². The third-order valence-electron chi connectivity index (χ3n) is 7.23. The SMILES string of the molecule is C[C@H](NC(=O)C12CC3CC(CC(C3)C1)C2)C(=O)OCC(=O)Nc1ccc(N(C)C)cc1.